The average molecular weight is 288 g/mol. The molecule has 3 heterocycles. The first kappa shape index (κ1) is 14.4. The molecule has 114 valence electrons. The summed E-state index contributed by atoms with van der Waals surface area (Å²) in [5.74, 6) is 1.05. The third-order valence-electron chi connectivity index (χ3n) is 4.43. The zero-order valence-corrected chi connectivity index (χ0v) is 13.1. The Morgan fingerprint density at radius 2 is 2.29 bits per heavy atom. The monoisotopic (exact) mass is 288 g/mol. The lowest BCUT2D eigenvalue weighted by Gasteiger charge is -2.30. The van der Waals surface area contributed by atoms with Gasteiger partial charge in [-0.3, -0.25) is 9.58 Å². The predicted molar refractivity (Wildman–Crippen MR) is 81.9 cm³/mol. The van der Waals surface area contributed by atoms with Gasteiger partial charge in [0.05, 0.1) is 19.0 Å². The number of hydrogen-bond donors (Lipinski definition) is 0. The van der Waals surface area contributed by atoms with Crippen LogP contribution in [0.15, 0.2) is 35.2 Å². The Kier molecular flexibility index (Phi) is 4.12. The van der Waals surface area contributed by atoms with Crippen molar-refractivity contribution in [2.24, 2.45) is 7.05 Å². The Morgan fingerprint density at radius 3 is 2.90 bits per heavy atom. The van der Waals surface area contributed by atoms with Crippen LogP contribution < -0.4 is 0 Å². The number of aryl methyl sites for hydroxylation is 1. The molecule has 0 bridgehead atoms. The maximum absolute atomic E-state index is 5.52. The van der Waals surface area contributed by atoms with Crippen molar-refractivity contribution in [2.75, 3.05) is 20.6 Å². The molecule has 0 N–H and O–H groups in total. The highest BCUT2D eigenvalue weighted by atomic mass is 16.3. The van der Waals surface area contributed by atoms with Gasteiger partial charge in [-0.15, -0.1) is 0 Å². The van der Waals surface area contributed by atoms with E-state index in [-0.39, 0.29) is 0 Å². The minimum Gasteiger partial charge on any atom is -0.468 e. The fraction of sp³-hybridized carbons (Fsp3) is 0.562. The van der Waals surface area contributed by atoms with Crippen LogP contribution >= 0.6 is 0 Å². The van der Waals surface area contributed by atoms with Crippen LogP contribution in [0, 0.1) is 0 Å². The van der Waals surface area contributed by atoms with Crippen molar-refractivity contribution in [3.8, 4) is 0 Å². The summed E-state index contributed by atoms with van der Waals surface area (Å²) in [6.07, 6.45) is 8.10. The van der Waals surface area contributed by atoms with Gasteiger partial charge in [-0.2, -0.15) is 5.10 Å². The number of nitrogens with zero attached hydrogens (tertiary/aromatic N) is 4. The molecule has 1 aliphatic heterocycles. The van der Waals surface area contributed by atoms with Gasteiger partial charge < -0.3 is 9.32 Å². The molecule has 0 aliphatic carbocycles. The fourth-order valence-electron chi connectivity index (χ4n) is 3.38. The Hall–Kier alpha value is -1.59. The van der Waals surface area contributed by atoms with Crippen molar-refractivity contribution in [1.29, 1.82) is 0 Å². The quantitative estimate of drug-likeness (QED) is 0.840. The summed E-state index contributed by atoms with van der Waals surface area (Å²) in [6, 6.07) is 5.11. The zero-order chi connectivity index (χ0) is 14.8. The van der Waals surface area contributed by atoms with Crippen molar-refractivity contribution >= 4 is 0 Å². The van der Waals surface area contributed by atoms with Gasteiger partial charge in [0.1, 0.15) is 5.76 Å². The molecular weight excluding hydrogens is 264 g/mol. The predicted octanol–water partition coefficient (Wildman–Crippen LogP) is 1.76. The lowest BCUT2D eigenvalue weighted by Crippen LogP contribution is -2.43. The molecule has 5 heteroatoms. The van der Waals surface area contributed by atoms with E-state index in [1.54, 1.807) is 6.26 Å². The van der Waals surface area contributed by atoms with Crippen LogP contribution in [0.3, 0.4) is 0 Å². The van der Waals surface area contributed by atoms with E-state index in [2.05, 4.69) is 41.3 Å². The van der Waals surface area contributed by atoms with E-state index in [0.29, 0.717) is 12.1 Å². The number of likely N-dealkylation sites (N-methyl/N-ethyl adjacent to an activating group) is 1. The summed E-state index contributed by atoms with van der Waals surface area (Å²) in [6.45, 7) is 2.01. The molecule has 3 rings (SSSR count). The van der Waals surface area contributed by atoms with Crippen molar-refractivity contribution in [2.45, 2.75) is 31.5 Å². The third kappa shape index (κ3) is 3.19. The van der Waals surface area contributed by atoms with Gasteiger partial charge in [0.25, 0.3) is 0 Å². The Morgan fingerprint density at radius 1 is 1.43 bits per heavy atom. The van der Waals surface area contributed by atoms with E-state index in [1.807, 2.05) is 24.0 Å². The van der Waals surface area contributed by atoms with E-state index in [1.165, 1.54) is 12.0 Å². The van der Waals surface area contributed by atoms with Crippen molar-refractivity contribution in [3.63, 3.8) is 0 Å². The van der Waals surface area contributed by atoms with Crippen LogP contribution in [0.2, 0.25) is 0 Å². The van der Waals surface area contributed by atoms with Gasteiger partial charge in [-0.1, -0.05) is 0 Å². The van der Waals surface area contributed by atoms with E-state index in [4.69, 9.17) is 4.42 Å². The topological polar surface area (TPSA) is 37.4 Å². The molecular formula is C16H24N4O. The van der Waals surface area contributed by atoms with Gasteiger partial charge in [0, 0.05) is 31.9 Å². The maximum atomic E-state index is 5.52. The van der Waals surface area contributed by atoms with E-state index >= 15 is 0 Å². The molecule has 0 saturated carbocycles. The average Bonchev–Trinajstić information content (AvgIpc) is 3.14. The van der Waals surface area contributed by atoms with Gasteiger partial charge in [-0.25, -0.2) is 0 Å². The molecule has 0 amide bonds. The third-order valence-corrected chi connectivity index (χ3v) is 4.43. The Labute approximate surface area is 126 Å². The summed E-state index contributed by atoms with van der Waals surface area (Å²) in [5, 5.41) is 4.30. The van der Waals surface area contributed by atoms with Crippen LogP contribution in [0.1, 0.15) is 17.7 Å². The summed E-state index contributed by atoms with van der Waals surface area (Å²) in [7, 11) is 6.33. The second kappa shape index (κ2) is 6.03. The molecule has 2 aromatic rings. The SMILES string of the molecule is CN(C)[C@@H]1CCN(Cc2ccco2)[C@H]1Cc1cnn(C)c1. The zero-order valence-electron chi connectivity index (χ0n) is 13.1. The van der Waals surface area contributed by atoms with Crippen LogP contribution in [0.5, 0.6) is 0 Å². The molecule has 2 aromatic heterocycles. The van der Waals surface area contributed by atoms with Crippen LogP contribution in [-0.4, -0.2) is 52.3 Å². The molecule has 0 radical (unpaired) electrons. The van der Waals surface area contributed by atoms with Crippen LogP contribution in [0.4, 0.5) is 0 Å². The molecule has 1 saturated heterocycles. The highest BCUT2D eigenvalue weighted by molar-refractivity contribution is 5.10. The van der Waals surface area contributed by atoms with Crippen molar-refractivity contribution in [3.05, 3.63) is 42.1 Å². The Bertz CT molecular complexity index is 561. The smallest absolute Gasteiger partial charge is 0.117 e. The van der Waals surface area contributed by atoms with Gasteiger partial charge in [-0.05, 0) is 44.6 Å². The van der Waals surface area contributed by atoms with E-state index in [0.717, 1.165) is 25.3 Å². The number of likely N-dealkylation sites (tertiary alicyclic amines) is 1. The lowest BCUT2D eigenvalue weighted by molar-refractivity contribution is 0.169. The normalized spacial score (nSPS) is 23.2. The summed E-state index contributed by atoms with van der Waals surface area (Å²) in [5.41, 5.74) is 1.31. The lowest BCUT2D eigenvalue weighted by atomic mass is 10.0. The van der Waals surface area contributed by atoms with Gasteiger partial charge in [0.2, 0.25) is 0 Å². The molecule has 0 unspecified atom stereocenters. The summed E-state index contributed by atoms with van der Waals surface area (Å²) >= 11 is 0. The first-order valence-electron chi connectivity index (χ1n) is 7.54. The molecule has 5 nitrogen and oxygen atoms in total. The maximum Gasteiger partial charge on any atom is 0.117 e. The highest BCUT2D eigenvalue weighted by Gasteiger charge is 2.35. The number of aromatic nitrogens is 2. The largest absolute Gasteiger partial charge is 0.468 e. The molecule has 1 aliphatic rings. The van der Waals surface area contributed by atoms with Crippen molar-refractivity contribution in [1.82, 2.24) is 19.6 Å². The van der Waals surface area contributed by atoms with Crippen molar-refractivity contribution < 1.29 is 4.42 Å². The first-order valence-corrected chi connectivity index (χ1v) is 7.54. The fourth-order valence-corrected chi connectivity index (χ4v) is 3.38. The molecule has 2 atom stereocenters. The number of furan rings is 1. The molecule has 21 heavy (non-hydrogen) atoms. The second-order valence-electron chi connectivity index (χ2n) is 6.16. The highest BCUT2D eigenvalue weighted by Crippen LogP contribution is 2.26. The van der Waals surface area contributed by atoms with Crippen LogP contribution in [0.25, 0.3) is 0 Å². The summed E-state index contributed by atoms with van der Waals surface area (Å²) in [4.78, 5) is 4.89. The first-order chi connectivity index (χ1) is 10.1. The standard InChI is InChI=1S/C16H24N4O/c1-18(2)15-6-7-20(12-14-5-4-8-21-14)16(15)9-13-10-17-19(3)11-13/h4-5,8,10-11,15-16H,6-7,9,12H2,1-3H3/t15-,16+/m1/s1. The number of hydrogen-bond acceptors (Lipinski definition) is 4. The molecule has 0 spiro atoms. The minimum atomic E-state index is 0.509. The van der Waals surface area contributed by atoms with E-state index < -0.39 is 0 Å². The van der Waals surface area contributed by atoms with Gasteiger partial charge in [0.15, 0.2) is 0 Å². The minimum absolute atomic E-state index is 0.509. The Balaban J connectivity index is 1.75. The number of rotatable bonds is 5. The summed E-state index contributed by atoms with van der Waals surface area (Å²) < 4.78 is 7.40. The van der Waals surface area contributed by atoms with E-state index in [9.17, 15) is 0 Å². The molecule has 0 aromatic carbocycles. The second-order valence-corrected chi connectivity index (χ2v) is 6.16. The van der Waals surface area contributed by atoms with Gasteiger partial charge >= 0.3 is 0 Å². The van der Waals surface area contributed by atoms with Crippen LogP contribution in [-0.2, 0) is 20.0 Å². The molecule has 1 fully saturated rings.